The molecule has 11 nitrogen and oxygen atoms in total. The first-order chi connectivity index (χ1) is 24.7. The maximum absolute atomic E-state index is 14.6. The van der Waals surface area contributed by atoms with E-state index in [1.165, 1.54) is 7.11 Å². The second-order valence-electron chi connectivity index (χ2n) is 13.8. The molecule has 2 N–H and O–H groups in total. The van der Waals surface area contributed by atoms with Crippen LogP contribution in [0.4, 0.5) is 0 Å². The van der Waals surface area contributed by atoms with Gasteiger partial charge in [0.15, 0.2) is 0 Å². The average Bonchev–Trinajstić information content (AvgIpc) is 3.50. The number of methoxy groups -OCH3 is 1. The molecular weight excluding hydrogens is 646 g/mol. The van der Waals surface area contributed by atoms with Gasteiger partial charge in [-0.3, -0.25) is 19.2 Å². The number of hydrogen-bond acceptors (Lipinski definition) is 7. The van der Waals surface area contributed by atoms with Gasteiger partial charge in [-0.15, -0.1) is 0 Å². The normalized spacial score (nSPS) is 20.5. The Labute approximate surface area is 299 Å². The number of benzene rings is 3. The first-order valence-electron chi connectivity index (χ1n) is 17.9. The molecule has 3 aromatic carbocycles. The van der Waals surface area contributed by atoms with Gasteiger partial charge in [0.1, 0.15) is 24.8 Å². The van der Waals surface area contributed by atoms with E-state index in [-0.39, 0.29) is 55.6 Å². The number of likely N-dealkylation sites (N-methyl/N-ethyl adjacent to an activating group) is 1. The van der Waals surface area contributed by atoms with E-state index in [9.17, 15) is 24.0 Å². The minimum Gasteiger partial charge on any atom is -0.465 e. The van der Waals surface area contributed by atoms with Crippen LogP contribution in [0.5, 0.6) is 0 Å². The molecular formula is C40H47N5O6. The first kappa shape index (κ1) is 35.8. The van der Waals surface area contributed by atoms with E-state index < -0.39 is 30.3 Å². The third kappa shape index (κ3) is 7.83. The van der Waals surface area contributed by atoms with Crippen LogP contribution in [0.3, 0.4) is 0 Å². The number of amides is 4. The molecule has 3 aromatic rings. The number of nitrogens with one attached hydrogen (secondary N) is 2. The van der Waals surface area contributed by atoms with Crippen molar-refractivity contribution in [3.05, 3.63) is 95.6 Å². The Balaban J connectivity index is 1.30. The summed E-state index contributed by atoms with van der Waals surface area (Å²) in [6, 6.07) is 22.8. The Morgan fingerprint density at radius 2 is 1.51 bits per heavy atom. The van der Waals surface area contributed by atoms with Gasteiger partial charge in [0.05, 0.1) is 25.3 Å². The summed E-state index contributed by atoms with van der Waals surface area (Å²) >= 11 is 0. The van der Waals surface area contributed by atoms with Gasteiger partial charge in [0.2, 0.25) is 23.6 Å². The minimum absolute atomic E-state index is 0.0445. The van der Waals surface area contributed by atoms with Crippen LogP contribution < -0.4 is 10.6 Å². The number of carbonyl (C=O) groups is 5. The van der Waals surface area contributed by atoms with E-state index in [4.69, 9.17) is 4.74 Å². The predicted molar refractivity (Wildman–Crippen MR) is 192 cm³/mol. The molecule has 4 atom stereocenters. The highest BCUT2D eigenvalue weighted by molar-refractivity contribution is 5.97. The fourth-order valence-corrected chi connectivity index (χ4v) is 7.60. The summed E-state index contributed by atoms with van der Waals surface area (Å²) in [7, 11) is 3.02. The lowest BCUT2D eigenvalue weighted by molar-refractivity contribution is -0.157. The molecule has 2 saturated heterocycles. The van der Waals surface area contributed by atoms with Crippen LogP contribution in [0.2, 0.25) is 0 Å². The topological polar surface area (TPSA) is 128 Å². The van der Waals surface area contributed by atoms with Crippen LogP contribution in [-0.2, 0) is 36.9 Å². The van der Waals surface area contributed by atoms with Crippen molar-refractivity contribution in [3.8, 4) is 11.1 Å². The molecule has 0 aromatic heterocycles. The molecule has 0 radical (unpaired) electrons. The summed E-state index contributed by atoms with van der Waals surface area (Å²) in [5, 5.41) is 5.99. The lowest BCUT2D eigenvalue weighted by Gasteiger charge is -2.45. The zero-order chi connectivity index (χ0) is 36.1. The van der Waals surface area contributed by atoms with Crippen LogP contribution in [0.15, 0.2) is 78.9 Å². The van der Waals surface area contributed by atoms with Crippen molar-refractivity contribution in [2.45, 2.75) is 76.3 Å². The summed E-state index contributed by atoms with van der Waals surface area (Å²) < 4.78 is 4.84. The van der Waals surface area contributed by atoms with Crippen LogP contribution in [0.1, 0.15) is 60.5 Å². The summed E-state index contributed by atoms with van der Waals surface area (Å²) in [6.45, 7) is 1.93. The number of hydrogen-bond donors (Lipinski definition) is 2. The van der Waals surface area contributed by atoms with E-state index in [1.807, 2.05) is 54.6 Å². The van der Waals surface area contributed by atoms with Gasteiger partial charge in [-0.05, 0) is 67.1 Å². The van der Waals surface area contributed by atoms with Gasteiger partial charge in [0, 0.05) is 13.0 Å². The predicted octanol–water partition coefficient (Wildman–Crippen LogP) is 3.76. The van der Waals surface area contributed by atoms with Crippen molar-refractivity contribution in [2.24, 2.45) is 5.92 Å². The quantitative estimate of drug-likeness (QED) is 0.293. The molecule has 1 unspecified atom stereocenters. The molecule has 268 valence electrons. The molecule has 1 aliphatic carbocycles. The molecule has 0 spiro atoms. The number of ether oxygens (including phenoxy) is 1. The van der Waals surface area contributed by atoms with Crippen molar-refractivity contribution < 1.29 is 28.7 Å². The van der Waals surface area contributed by atoms with E-state index in [2.05, 4.69) is 10.6 Å². The summed E-state index contributed by atoms with van der Waals surface area (Å²) in [6.07, 6.45) is 4.24. The lowest BCUT2D eigenvalue weighted by atomic mass is 9.83. The molecule has 0 bridgehead atoms. The van der Waals surface area contributed by atoms with Crippen LogP contribution >= 0.6 is 0 Å². The van der Waals surface area contributed by atoms with Crippen molar-refractivity contribution in [1.82, 2.24) is 25.3 Å². The molecule has 6 rings (SSSR count). The smallest absolute Gasteiger partial charge is 0.337 e. The second-order valence-corrected chi connectivity index (χ2v) is 13.8. The molecule has 51 heavy (non-hydrogen) atoms. The Morgan fingerprint density at radius 1 is 0.863 bits per heavy atom. The zero-order valence-electron chi connectivity index (χ0n) is 29.5. The summed E-state index contributed by atoms with van der Waals surface area (Å²) in [5.74, 6) is -1.55. The van der Waals surface area contributed by atoms with Crippen molar-refractivity contribution in [3.63, 3.8) is 0 Å². The number of fused-ring (bicyclic) bond motifs is 1. The lowest BCUT2D eigenvalue weighted by Crippen LogP contribution is -2.65. The molecule has 4 amide bonds. The number of esters is 1. The van der Waals surface area contributed by atoms with Crippen molar-refractivity contribution in [2.75, 3.05) is 27.2 Å². The van der Waals surface area contributed by atoms with E-state index in [0.717, 1.165) is 54.4 Å². The number of rotatable bonds is 11. The number of piperazine rings is 1. The zero-order valence-corrected chi connectivity index (χ0v) is 29.5. The summed E-state index contributed by atoms with van der Waals surface area (Å²) in [4.78, 5) is 72.9. The maximum atomic E-state index is 14.6. The highest BCUT2D eigenvalue weighted by Crippen LogP contribution is 2.33. The van der Waals surface area contributed by atoms with Gasteiger partial charge in [0.25, 0.3) is 0 Å². The average molecular weight is 694 g/mol. The second kappa shape index (κ2) is 15.9. The van der Waals surface area contributed by atoms with E-state index in [1.54, 1.807) is 52.9 Å². The van der Waals surface area contributed by atoms with Gasteiger partial charge in [-0.2, -0.15) is 0 Å². The SMILES string of the molecule is CN[C@@H](C)C(=O)N[C@H](C(=O)N1CC(=O)N2C1CN(Cc1ccc(C(=O)OC)cc1)C(=O)[C@@H]2Cc1ccc(-c2ccccc2)cc1)C1CCCCC1. The van der Waals surface area contributed by atoms with Gasteiger partial charge in [-0.1, -0.05) is 86.0 Å². The largest absolute Gasteiger partial charge is 0.465 e. The summed E-state index contributed by atoms with van der Waals surface area (Å²) in [5.41, 5.74) is 4.21. The highest BCUT2D eigenvalue weighted by Gasteiger charge is 2.52. The molecule has 2 aliphatic heterocycles. The Hall–Kier alpha value is -5.03. The molecule has 11 heteroatoms. The monoisotopic (exact) mass is 693 g/mol. The molecule has 1 saturated carbocycles. The molecule has 3 aliphatic rings. The fraction of sp³-hybridized carbons (Fsp3) is 0.425. The van der Waals surface area contributed by atoms with Crippen molar-refractivity contribution >= 4 is 29.6 Å². The Morgan fingerprint density at radius 3 is 2.16 bits per heavy atom. The van der Waals surface area contributed by atoms with E-state index in [0.29, 0.717) is 5.56 Å². The third-order valence-corrected chi connectivity index (χ3v) is 10.6. The third-order valence-electron chi connectivity index (χ3n) is 10.6. The molecule has 3 fully saturated rings. The van der Waals surface area contributed by atoms with Crippen LogP contribution in [0, 0.1) is 5.92 Å². The maximum Gasteiger partial charge on any atom is 0.337 e. The van der Waals surface area contributed by atoms with E-state index >= 15 is 0 Å². The van der Waals surface area contributed by atoms with Gasteiger partial charge >= 0.3 is 5.97 Å². The first-order valence-corrected chi connectivity index (χ1v) is 17.9. The molecule has 2 heterocycles. The van der Waals surface area contributed by atoms with Crippen LogP contribution in [0.25, 0.3) is 11.1 Å². The van der Waals surface area contributed by atoms with Crippen molar-refractivity contribution in [1.29, 1.82) is 0 Å². The van der Waals surface area contributed by atoms with Gasteiger partial charge in [-0.25, -0.2) is 4.79 Å². The Bertz CT molecular complexity index is 1720. The standard InChI is InChI=1S/C40H47N5O6/c1-26(41-2)37(47)42-36(31-12-8-5-9-13-31)39(49)44-25-35(46)45-33(22-27-14-18-30(19-15-27)29-10-6-4-7-11-29)38(48)43(24-34(44)45)23-28-16-20-32(21-17-28)40(50)51-3/h4,6-7,10-11,14-21,26,31,33-34,36,41H,5,8-9,12-13,22-25H2,1-3H3,(H,42,47)/t26-,33-,34?,36-/m0/s1. The minimum atomic E-state index is -0.835. The number of nitrogens with zero attached hydrogens (tertiary/aromatic N) is 3. The Kier molecular flexibility index (Phi) is 11.1. The van der Waals surface area contributed by atoms with Gasteiger partial charge < -0.3 is 30.1 Å². The van der Waals surface area contributed by atoms with Crippen LogP contribution in [-0.4, -0.2) is 95.8 Å². The highest BCUT2D eigenvalue weighted by atomic mass is 16.5. The fourth-order valence-electron chi connectivity index (χ4n) is 7.60. The number of carbonyl (C=O) groups excluding carboxylic acids is 5.